The molecular weight excluding hydrogens is 524 g/mol. The van der Waals surface area contributed by atoms with E-state index in [1.807, 2.05) is 0 Å². The van der Waals surface area contributed by atoms with Gasteiger partial charge in [-0.15, -0.1) is 10.3 Å². The van der Waals surface area contributed by atoms with Gasteiger partial charge in [-0.25, -0.2) is 0 Å². The predicted molar refractivity (Wildman–Crippen MR) is 133 cm³/mol. The van der Waals surface area contributed by atoms with Gasteiger partial charge in [0.15, 0.2) is 5.78 Å². The van der Waals surface area contributed by atoms with Crippen LogP contribution in [0.25, 0.3) is 0 Å². The minimum absolute atomic E-state index is 0.0400. The van der Waals surface area contributed by atoms with Crippen LogP contribution in [0.3, 0.4) is 0 Å². The van der Waals surface area contributed by atoms with E-state index in [1.165, 1.54) is 0 Å². The zero-order valence-electron chi connectivity index (χ0n) is 23.2. The Bertz CT molecular complexity index is 1050. The number of alkyl halides is 6. The molecule has 1 aliphatic carbocycles. The number of unbranched alkanes of at least 4 members (excludes halogenated alkanes) is 5. The Morgan fingerprint density at radius 2 is 1.41 bits per heavy atom. The highest BCUT2D eigenvalue weighted by Gasteiger charge is 2.66. The lowest BCUT2D eigenvalue weighted by Gasteiger charge is -2.49. The van der Waals surface area contributed by atoms with E-state index >= 15 is 0 Å². The summed E-state index contributed by atoms with van der Waals surface area (Å²) in [6.45, 7) is 8.75. The van der Waals surface area contributed by atoms with E-state index in [1.54, 1.807) is 27.7 Å². The van der Waals surface area contributed by atoms with Crippen molar-refractivity contribution in [2.45, 2.75) is 116 Å². The average molecular weight is 563 g/mol. The lowest BCUT2D eigenvalue weighted by Crippen LogP contribution is -2.59. The molecular formula is C29H38F6NO3. The molecule has 2 fully saturated rings. The number of carbonyl (C=O) groups excluding carboxylic acids is 2. The molecule has 1 aromatic rings. The number of halogens is 6. The standard InChI is InChI=1S/C29H38F6NO3/c1-6-7-8-9-10-11-12-26(4)16-21-24(38)22(25(2,3)17-27(21,5)36(26)39)23(37)18-13-19(28(30,31)32)15-20(14-18)29(33,34)35/h13-15,21-22H,6-12,16-17H2,1-5H3. The second kappa shape index (κ2) is 10.8. The Labute approximate surface area is 226 Å². The molecule has 0 N–H and O–H groups in total. The van der Waals surface area contributed by atoms with Gasteiger partial charge in [0.05, 0.1) is 22.6 Å². The molecule has 4 nitrogen and oxygen atoms in total. The van der Waals surface area contributed by atoms with Crippen molar-refractivity contribution in [3.63, 3.8) is 0 Å². The predicted octanol–water partition coefficient (Wildman–Crippen LogP) is 8.46. The number of hydrogen-bond donors (Lipinski definition) is 0. The number of ketones is 2. The topological polar surface area (TPSA) is 57.3 Å². The van der Waals surface area contributed by atoms with Crippen LogP contribution in [0.1, 0.15) is 114 Å². The molecule has 1 radical (unpaired) electrons. The summed E-state index contributed by atoms with van der Waals surface area (Å²) in [7, 11) is 0. The molecule has 1 saturated carbocycles. The Morgan fingerprint density at radius 1 is 0.897 bits per heavy atom. The van der Waals surface area contributed by atoms with Crippen LogP contribution in [0, 0.1) is 17.3 Å². The molecule has 4 unspecified atom stereocenters. The summed E-state index contributed by atoms with van der Waals surface area (Å²) in [5.41, 5.74) is -7.17. The second-order valence-corrected chi connectivity index (χ2v) is 12.6. The fourth-order valence-corrected chi connectivity index (χ4v) is 6.95. The van der Waals surface area contributed by atoms with E-state index in [0.29, 0.717) is 18.6 Å². The number of fused-ring (bicyclic) bond motifs is 1. The van der Waals surface area contributed by atoms with Crippen LogP contribution in [0.4, 0.5) is 26.3 Å². The van der Waals surface area contributed by atoms with Gasteiger partial charge in [-0.2, -0.15) is 26.3 Å². The zero-order chi connectivity index (χ0) is 29.6. The summed E-state index contributed by atoms with van der Waals surface area (Å²) in [4.78, 5) is 27.4. The van der Waals surface area contributed by atoms with E-state index in [2.05, 4.69) is 6.92 Å². The molecule has 1 heterocycles. The van der Waals surface area contributed by atoms with Crippen molar-refractivity contribution in [3.05, 3.63) is 34.9 Å². The Balaban J connectivity index is 1.92. The number of Topliss-reactive ketones (excluding diaryl/α,β-unsaturated/α-hetero) is 2. The molecule has 39 heavy (non-hydrogen) atoms. The maximum Gasteiger partial charge on any atom is 0.416 e. The van der Waals surface area contributed by atoms with Gasteiger partial charge < -0.3 is 0 Å². The number of nitrogens with zero attached hydrogens (tertiary/aromatic N) is 1. The summed E-state index contributed by atoms with van der Waals surface area (Å²) in [5.74, 6) is -3.98. The Hall–Kier alpha value is -1.94. The van der Waals surface area contributed by atoms with Gasteiger partial charge in [0, 0.05) is 17.0 Å². The Kier molecular flexibility index (Phi) is 8.75. The second-order valence-electron chi connectivity index (χ2n) is 12.6. The Morgan fingerprint density at radius 3 is 1.92 bits per heavy atom. The van der Waals surface area contributed by atoms with Crippen molar-refractivity contribution in [2.24, 2.45) is 17.3 Å². The van der Waals surface area contributed by atoms with Crippen LogP contribution < -0.4 is 0 Å². The summed E-state index contributed by atoms with van der Waals surface area (Å²) >= 11 is 0. The van der Waals surface area contributed by atoms with E-state index < -0.39 is 68.9 Å². The monoisotopic (exact) mass is 562 g/mol. The number of carbonyl (C=O) groups is 2. The van der Waals surface area contributed by atoms with Gasteiger partial charge in [0.25, 0.3) is 0 Å². The van der Waals surface area contributed by atoms with E-state index in [0.717, 1.165) is 43.6 Å². The fourth-order valence-electron chi connectivity index (χ4n) is 6.95. The molecule has 1 aliphatic heterocycles. The number of rotatable bonds is 9. The van der Waals surface area contributed by atoms with Gasteiger partial charge in [-0.3, -0.25) is 9.59 Å². The first-order valence-corrected chi connectivity index (χ1v) is 13.6. The largest absolute Gasteiger partial charge is 0.416 e. The minimum Gasteiger partial charge on any atom is -0.298 e. The van der Waals surface area contributed by atoms with Crippen LogP contribution in [0.2, 0.25) is 0 Å². The lowest BCUT2D eigenvalue weighted by atomic mass is 9.56. The van der Waals surface area contributed by atoms with Gasteiger partial charge in [0.1, 0.15) is 5.78 Å². The minimum atomic E-state index is -5.12. The van der Waals surface area contributed by atoms with Crippen molar-refractivity contribution in [1.82, 2.24) is 5.06 Å². The number of hydroxylamine groups is 2. The smallest absolute Gasteiger partial charge is 0.298 e. The van der Waals surface area contributed by atoms with Gasteiger partial charge in [0.2, 0.25) is 0 Å². The summed E-state index contributed by atoms with van der Waals surface area (Å²) in [5, 5.41) is 14.7. The third-order valence-electron chi connectivity index (χ3n) is 8.78. The summed E-state index contributed by atoms with van der Waals surface area (Å²) < 4.78 is 80.6. The van der Waals surface area contributed by atoms with Gasteiger partial charge in [-0.1, -0.05) is 59.3 Å². The quantitative estimate of drug-likeness (QED) is 0.131. The molecule has 2 aliphatic rings. The third-order valence-corrected chi connectivity index (χ3v) is 8.78. The first-order valence-electron chi connectivity index (χ1n) is 13.6. The molecule has 0 aromatic heterocycles. The molecule has 4 atom stereocenters. The molecule has 0 amide bonds. The summed E-state index contributed by atoms with van der Waals surface area (Å²) in [6, 6.07) is 0.722. The molecule has 219 valence electrons. The molecule has 10 heteroatoms. The van der Waals surface area contributed by atoms with Crippen LogP contribution >= 0.6 is 0 Å². The molecule has 1 saturated heterocycles. The van der Waals surface area contributed by atoms with Crippen LogP contribution in [0.5, 0.6) is 0 Å². The SMILES string of the molecule is CCCCCCCCC1(C)CC2C(=O)C(C(=O)c3cc(C(F)(F)F)cc(C(F)(F)F)c3)C(C)(C)CC2(C)N1[O]. The van der Waals surface area contributed by atoms with E-state index in [9.17, 15) is 41.1 Å². The van der Waals surface area contributed by atoms with E-state index in [-0.39, 0.29) is 18.9 Å². The van der Waals surface area contributed by atoms with Crippen LogP contribution in [-0.2, 0) is 22.4 Å². The van der Waals surface area contributed by atoms with Crippen LogP contribution in [-0.4, -0.2) is 27.7 Å². The highest BCUT2D eigenvalue weighted by atomic mass is 19.4. The fraction of sp³-hybridized carbons (Fsp3) is 0.724. The van der Waals surface area contributed by atoms with Gasteiger partial charge in [-0.05, 0) is 56.7 Å². The molecule has 3 rings (SSSR count). The van der Waals surface area contributed by atoms with Crippen LogP contribution in [0.15, 0.2) is 18.2 Å². The maximum atomic E-state index is 13.9. The number of benzene rings is 1. The number of hydrogen-bond acceptors (Lipinski definition) is 3. The first kappa shape index (κ1) is 31.6. The average Bonchev–Trinajstić information content (AvgIpc) is 3.00. The molecule has 0 spiro atoms. The lowest BCUT2D eigenvalue weighted by molar-refractivity contribution is -0.267. The van der Waals surface area contributed by atoms with Crippen molar-refractivity contribution < 1.29 is 41.1 Å². The van der Waals surface area contributed by atoms with E-state index in [4.69, 9.17) is 0 Å². The maximum absolute atomic E-state index is 13.9. The van der Waals surface area contributed by atoms with Crippen molar-refractivity contribution in [2.75, 3.05) is 0 Å². The highest BCUT2D eigenvalue weighted by Crippen LogP contribution is 2.58. The van der Waals surface area contributed by atoms with Gasteiger partial charge >= 0.3 is 12.4 Å². The zero-order valence-corrected chi connectivity index (χ0v) is 23.2. The summed E-state index contributed by atoms with van der Waals surface area (Å²) in [6.07, 6.45) is -3.23. The van der Waals surface area contributed by atoms with Crippen molar-refractivity contribution in [1.29, 1.82) is 0 Å². The van der Waals surface area contributed by atoms with Crippen molar-refractivity contribution in [3.8, 4) is 0 Å². The molecule has 1 aromatic carbocycles. The normalized spacial score (nSPS) is 29.5. The third kappa shape index (κ3) is 6.21. The van der Waals surface area contributed by atoms with Crippen molar-refractivity contribution >= 4 is 11.6 Å². The highest BCUT2D eigenvalue weighted by molar-refractivity contribution is 6.13. The first-order chi connectivity index (χ1) is 17.8. The molecule has 0 bridgehead atoms.